The third kappa shape index (κ3) is 1.96. The van der Waals surface area contributed by atoms with E-state index in [2.05, 4.69) is 18.8 Å². The molecule has 0 saturated heterocycles. The average Bonchev–Trinajstić information content (AvgIpc) is 2.50. The van der Waals surface area contributed by atoms with Crippen LogP contribution >= 0.6 is 11.6 Å². The number of aromatic nitrogens is 1. The van der Waals surface area contributed by atoms with Gasteiger partial charge in [0.05, 0.1) is 12.1 Å². The van der Waals surface area contributed by atoms with Crippen LogP contribution in [0.4, 0.5) is 0 Å². The third-order valence-corrected chi connectivity index (χ3v) is 2.01. The highest BCUT2D eigenvalue weighted by Gasteiger charge is 2.08. The summed E-state index contributed by atoms with van der Waals surface area (Å²) >= 11 is 5.53. The fraction of sp³-hybridized carbons (Fsp3) is 0.625. The second-order valence-corrected chi connectivity index (χ2v) is 2.87. The van der Waals surface area contributed by atoms with Crippen LogP contribution < -0.4 is 0 Å². The van der Waals surface area contributed by atoms with E-state index in [0.717, 1.165) is 12.2 Å². The Morgan fingerprint density at radius 2 is 2.45 bits per heavy atom. The molecular weight excluding hydrogens is 162 g/mol. The Labute approximate surface area is 71.6 Å². The molecule has 0 radical (unpaired) electrons. The van der Waals surface area contributed by atoms with E-state index in [1.807, 2.05) is 0 Å². The van der Waals surface area contributed by atoms with Crippen molar-refractivity contribution in [3.63, 3.8) is 0 Å². The number of halogens is 1. The van der Waals surface area contributed by atoms with Gasteiger partial charge in [0.15, 0.2) is 0 Å². The maximum atomic E-state index is 5.53. The molecule has 0 aliphatic carbocycles. The van der Waals surface area contributed by atoms with Crippen molar-refractivity contribution in [1.82, 2.24) is 4.98 Å². The second kappa shape index (κ2) is 3.77. The standard InChI is InChI=1S/C8H12ClNO/c1-3-6(2)7-5-10-8(4-9)11-7/h5-6H,3-4H2,1-2H3. The van der Waals surface area contributed by atoms with Crippen LogP contribution in [-0.4, -0.2) is 4.98 Å². The largest absolute Gasteiger partial charge is 0.444 e. The number of nitrogens with zero attached hydrogens (tertiary/aromatic N) is 1. The third-order valence-electron chi connectivity index (χ3n) is 1.78. The molecule has 0 amide bonds. The number of hydrogen-bond acceptors (Lipinski definition) is 2. The first-order valence-electron chi connectivity index (χ1n) is 3.78. The van der Waals surface area contributed by atoms with E-state index < -0.39 is 0 Å². The zero-order valence-electron chi connectivity index (χ0n) is 6.80. The van der Waals surface area contributed by atoms with Crippen LogP contribution in [0.25, 0.3) is 0 Å². The van der Waals surface area contributed by atoms with E-state index in [-0.39, 0.29) is 0 Å². The number of alkyl halides is 1. The van der Waals surface area contributed by atoms with E-state index in [1.54, 1.807) is 6.20 Å². The summed E-state index contributed by atoms with van der Waals surface area (Å²) in [5.41, 5.74) is 0. The fourth-order valence-electron chi connectivity index (χ4n) is 0.815. The number of hydrogen-bond donors (Lipinski definition) is 0. The van der Waals surface area contributed by atoms with Gasteiger partial charge >= 0.3 is 0 Å². The molecule has 1 unspecified atom stereocenters. The number of oxazole rings is 1. The van der Waals surface area contributed by atoms with Crippen LogP contribution in [-0.2, 0) is 5.88 Å². The quantitative estimate of drug-likeness (QED) is 0.657. The Morgan fingerprint density at radius 3 is 2.91 bits per heavy atom. The molecule has 0 N–H and O–H groups in total. The molecule has 0 bridgehead atoms. The van der Waals surface area contributed by atoms with Gasteiger partial charge in [-0.15, -0.1) is 11.6 Å². The molecule has 0 aliphatic rings. The zero-order valence-corrected chi connectivity index (χ0v) is 7.56. The summed E-state index contributed by atoms with van der Waals surface area (Å²) < 4.78 is 5.34. The smallest absolute Gasteiger partial charge is 0.209 e. The highest BCUT2D eigenvalue weighted by atomic mass is 35.5. The molecule has 0 aromatic carbocycles. The molecule has 1 rings (SSSR count). The molecule has 1 heterocycles. The molecule has 2 nitrogen and oxygen atoms in total. The van der Waals surface area contributed by atoms with Gasteiger partial charge in [-0.05, 0) is 6.42 Å². The lowest BCUT2D eigenvalue weighted by molar-refractivity contribution is 0.439. The van der Waals surface area contributed by atoms with Gasteiger partial charge in [-0.1, -0.05) is 13.8 Å². The Morgan fingerprint density at radius 1 is 1.73 bits per heavy atom. The molecule has 1 atom stereocenters. The molecule has 0 spiro atoms. The van der Waals surface area contributed by atoms with Gasteiger partial charge < -0.3 is 4.42 Å². The van der Waals surface area contributed by atoms with E-state index in [0.29, 0.717) is 17.7 Å². The molecule has 0 fully saturated rings. The minimum absolute atomic E-state index is 0.358. The van der Waals surface area contributed by atoms with Crippen LogP contribution in [0.2, 0.25) is 0 Å². The van der Waals surface area contributed by atoms with Crippen LogP contribution in [0.5, 0.6) is 0 Å². The van der Waals surface area contributed by atoms with Crippen LogP contribution in [0, 0.1) is 0 Å². The highest BCUT2D eigenvalue weighted by Crippen LogP contribution is 2.19. The maximum absolute atomic E-state index is 5.53. The van der Waals surface area contributed by atoms with Crippen LogP contribution in [0.1, 0.15) is 37.8 Å². The molecule has 1 aromatic rings. The molecule has 0 saturated carbocycles. The Balaban J connectivity index is 2.71. The first kappa shape index (κ1) is 8.60. The van der Waals surface area contributed by atoms with E-state index in [1.165, 1.54) is 0 Å². The Bertz CT molecular complexity index is 222. The lowest BCUT2D eigenvalue weighted by atomic mass is 10.1. The van der Waals surface area contributed by atoms with Gasteiger partial charge in [-0.3, -0.25) is 0 Å². The lowest BCUT2D eigenvalue weighted by Crippen LogP contribution is -1.86. The predicted molar refractivity (Wildman–Crippen MR) is 44.8 cm³/mol. The van der Waals surface area contributed by atoms with Gasteiger partial charge in [-0.25, -0.2) is 4.98 Å². The summed E-state index contributed by atoms with van der Waals surface area (Å²) in [6, 6.07) is 0. The summed E-state index contributed by atoms with van der Waals surface area (Å²) in [6.45, 7) is 4.23. The van der Waals surface area contributed by atoms with Gasteiger partial charge in [0, 0.05) is 5.92 Å². The van der Waals surface area contributed by atoms with Crippen molar-refractivity contribution in [2.45, 2.75) is 32.1 Å². The second-order valence-electron chi connectivity index (χ2n) is 2.60. The summed E-state index contributed by atoms with van der Waals surface area (Å²) in [5.74, 6) is 2.35. The normalized spacial score (nSPS) is 13.4. The monoisotopic (exact) mass is 173 g/mol. The zero-order chi connectivity index (χ0) is 8.27. The van der Waals surface area contributed by atoms with Crippen molar-refractivity contribution >= 4 is 11.6 Å². The topological polar surface area (TPSA) is 26.0 Å². The minimum Gasteiger partial charge on any atom is -0.444 e. The molecule has 11 heavy (non-hydrogen) atoms. The van der Waals surface area contributed by atoms with Gasteiger partial charge in [0.25, 0.3) is 0 Å². The SMILES string of the molecule is CCC(C)c1cnc(CCl)o1. The van der Waals surface area contributed by atoms with Crippen molar-refractivity contribution in [1.29, 1.82) is 0 Å². The molecule has 3 heteroatoms. The Hall–Kier alpha value is -0.500. The predicted octanol–water partition coefficient (Wildman–Crippen LogP) is 2.93. The highest BCUT2D eigenvalue weighted by molar-refractivity contribution is 6.16. The Kier molecular flexibility index (Phi) is 2.94. The van der Waals surface area contributed by atoms with Crippen LogP contribution in [0.3, 0.4) is 0 Å². The van der Waals surface area contributed by atoms with E-state index >= 15 is 0 Å². The van der Waals surface area contributed by atoms with Crippen molar-refractivity contribution in [2.75, 3.05) is 0 Å². The summed E-state index contributed by atoms with van der Waals surface area (Å²) in [4.78, 5) is 4.01. The molecule has 0 aliphatic heterocycles. The number of rotatable bonds is 3. The molecule has 1 aromatic heterocycles. The minimum atomic E-state index is 0.358. The fourth-order valence-corrected chi connectivity index (χ4v) is 0.939. The maximum Gasteiger partial charge on any atom is 0.209 e. The molecular formula is C8H12ClNO. The van der Waals surface area contributed by atoms with E-state index in [4.69, 9.17) is 16.0 Å². The summed E-state index contributed by atoms with van der Waals surface area (Å²) in [6.07, 6.45) is 2.82. The van der Waals surface area contributed by atoms with Crippen LogP contribution in [0.15, 0.2) is 10.6 Å². The van der Waals surface area contributed by atoms with Gasteiger partial charge in [0.2, 0.25) is 5.89 Å². The first-order valence-corrected chi connectivity index (χ1v) is 4.32. The van der Waals surface area contributed by atoms with Gasteiger partial charge in [-0.2, -0.15) is 0 Å². The molecule has 62 valence electrons. The summed E-state index contributed by atoms with van der Waals surface area (Å²) in [7, 11) is 0. The lowest BCUT2D eigenvalue weighted by Gasteiger charge is -2.00. The van der Waals surface area contributed by atoms with Crippen molar-refractivity contribution in [2.24, 2.45) is 0 Å². The summed E-state index contributed by atoms with van der Waals surface area (Å²) in [5, 5.41) is 0. The van der Waals surface area contributed by atoms with Crippen molar-refractivity contribution in [3.8, 4) is 0 Å². The van der Waals surface area contributed by atoms with E-state index in [9.17, 15) is 0 Å². The van der Waals surface area contributed by atoms with Crippen molar-refractivity contribution in [3.05, 3.63) is 17.8 Å². The van der Waals surface area contributed by atoms with Crippen molar-refractivity contribution < 1.29 is 4.42 Å². The first-order chi connectivity index (χ1) is 5.27. The van der Waals surface area contributed by atoms with Gasteiger partial charge in [0.1, 0.15) is 5.76 Å². The average molecular weight is 174 g/mol.